The SMILES string of the molecule is CC(O)c1ccccc1NCc1cc(Br)ccc1O. The van der Waals surface area contributed by atoms with E-state index in [4.69, 9.17) is 0 Å². The van der Waals surface area contributed by atoms with Gasteiger partial charge < -0.3 is 15.5 Å². The Morgan fingerprint density at radius 3 is 2.68 bits per heavy atom. The Kier molecular flexibility index (Phi) is 4.45. The average molecular weight is 322 g/mol. The summed E-state index contributed by atoms with van der Waals surface area (Å²) in [5, 5.41) is 22.7. The minimum absolute atomic E-state index is 0.255. The molecule has 0 saturated carbocycles. The summed E-state index contributed by atoms with van der Waals surface area (Å²) in [5.41, 5.74) is 2.52. The molecule has 0 aliphatic rings. The van der Waals surface area contributed by atoms with Gasteiger partial charge in [-0.2, -0.15) is 0 Å². The molecular weight excluding hydrogens is 306 g/mol. The first-order chi connectivity index (χ1) is 9.08. The third-order valence-electron chi connectivity index (χ3n) is 2.92. The summed E-state index contributed by atoms with van der Waals surface area (Å²) in [7, 11) is 0. The van der Waals surface area contributed by atoms with Gasteiger partial charge in [-0.25, -0.2) is 0 Å². The highest BCUT2D eigenvalue weighted by Crippen LogP contribution is 2.26. The number of para-hydroxylation sites is 1. The van der Waals surface area contributed by atoms with Crippen LogP contribution >= 0.6 is 15.9 Å². The van der Waals surface area contributed by atoms with Crippen molar-refractivity contribution in [2.45, 2.75) is 19.6 Å². The van der Waals surface area contributed by atoms with Gasteiger partial charge in [0.25, 0.3) is 0 Å². The van der Waals surface area contributed by atoms with Gasteiger partial charge in [0, 0.05) is 27.8 Å². The molecule has 0 heterocycles. The molecule has 0 spiro atoms. The van der Waals surface area contributed by atoms with Crippen LogP contribution in [0.5, 0.6) is 5.75 Å². The number of anilines is 1. The fourth-order valence-corrected chi connectivity index (χ4v) is 2.32. The second-order valence-corrected chi connectivity index (χ2v) is 5.31. The Hall–Kier alpha value is -1.52. The van der Waals surface area contributed by atoms with Crippen molar-refractivity contribution in [1.82, 2.24) is 0 Å². The third-order valence-corrected chi connectivity index (χ3v) is 3.41. The van der Waals surface area contributed by atoms with Gasteiger partial charge in [-0.15, -0.1) is 0 Å². The summed E-state index contributed by atoms with van der Waals surface area (Å²) in [4.78, 5) is 0. The second-order valence-electron chi connectivity index (χ2n) is 4.39. The summed E-state index contributed by atoms with van der Waals surface area (Å²) in [6, 6.07) is 12.9. The highest BCUT2D eigenvalue weighted by Gasteiger charge is 2.08. The Morgan fingerprint density at radius 2 is 1.95 bits per heavy atom. The molecule has 0 amide bonds. The van der Waals surface area contributed by atoms with Crippen molar-refractivity contribution in [3.63, 3.8) is 0 Å². The number of phenols is 1. The van der Waals surface area contributed by atoms with Gasteiger partial charge in [0.05, 0.1) is 6.10 Å². The van der Waals surface area contributed by atoms with E-state index in [9.17, 15) is 10.2 Å². The number of halogens is 1. The molecule has 2 aromatic carbocycles. The van der Waals surface area contributed by atoms with Crippen LogP contribution in [0.2, 0.25) is 0 Å². The fraction of sp³-hybridized carbons (Fsp3) is 0.200. The van der Waals surface area contributed by atoms with E-state index in [-0.39, 0.29) is 5.75 Å². The minimum atomic E-state index is -0.528. The summed E-state index contributed by atoms with van der Waals surface area (Å²) in [6.45, 7) is 2.23. The molecule has 0 bridgehead atoms. The van der Waals surface area contributed by atoms with Crippen molar-refractivity contribution in [2.75, 3.05) is 5.32 Å². The van der Waals surface area contributed by atoms with E-state index in [1.165, 1.54) is 0 Å². The normalized spacial score (nSPS) is 12.2. The van der Waals surface area contributed by atoms with Gasteiger partial charge in [-0.05, 0) is 31.2 Å². The molecule has 3 N–H and O–H groups in total. The van der Waals surface area contributed by atoms with E-state index in [1.807, 2.05) is 30.3 Å². The van der Waals surface area contributed by atoms with Crippen LogP contribution in [0.3, 0.4) is 0 Å². The molecule has 0 aromatic heterocycles. The maximum absolute atomic E-state index is 9.78. The van der Waals surface area contributed by atoms with Crippen molar-refractivity contribution >= 4 is 21.6 Å². The maximum Gasteiger partial charge on any atom is 0.120 e. The van der Waals surface area contributed by atoms with Gasteiger partial charge in [0.15, 0.2) is 0 Å². The van der Waals surface area contributed by atoms with E-state index < -0.39 is 6.10 Å². The van der Waals surface area contributed by atoms with Crippen LogP contribution in [0.15, 0.2) is 46.9 Å². The molecule has 0 fully saturated rings. The molecule has 2 aromatic rings. The van der Waals surface area contributed by atoms with Crippen molar-refractivity contribution in [3.8, 4) is 5.75 Å². The van der Waals surface area contributed by atoms with Gasteiger partial charge in [0.1, 0.15) is 5.75 Å². The number of aromatic hydroxyl groups is 1. The number of aliphatic hydroxyl groups excluding tert-OH is 1. The van der Waals surface area contributed by atoms with E-state index in [2.05, 4.69) is 21.2 Å². The lowest BCUT2D eigenvalue weighted by molar-refractivity contribution is 0.200. The number of aliphatic hydroxyl groups is 1. The third kappa shape index (κ3) is 3.49. The molecule has 0 aliphatic heterocycles. The first-order valence-electron chi connectivity index (χ1n) is 6.06. The van der Waals surface area contributed by atoms with Crippen LogP contribution in [0, 0.1) is 0 Å². The number of benzene rings is 2. The quantitative estimate of drug-likeness (QED) is 0.802. The lowest BCUT2D eigenvalue weighted by Gasteiger charge is -2.14. The monoisotopic (exact) mass is 321 g/mol. The molecule has 3 nitrogen and oxygen atoms in total. The first kappa shape index (κ1) is 13.9. The van der Waals surface area contributed by atoms with Crippen LogP contribution in [0.1, 0.15) is 24.2 Å². The molecular formula is C15H16BrNO2. The van der Waals surface area contributed by atoms with E-state index in [0.29, 0.717) is 6.54 Å². The Bertz CT molecular complexity index is 570. The minimum Gasteiger partial charge on any atom is -0.508 e. The Morgan fingerprint density at radius 1 is 1.21 bits per heavy atom. The van der Waals surface area contributed by atoms with Gasteiger partial charge in [-0.3, -0.25) is 0 Å². The van der Waals surface area contributed by atoms with Crippen LogP contribution in [0.25, 0.3) is 0 Å². The van der Waals surface area contributed by atoms with E-state index in [1.54, 1.807) is 19.1 Å². The highest BCUT2D eigenvalue weighted by atomic mass is 79.9. The molecule has 1 atom stereocenters. The van der Waals surface area contributed by atoms with Gasteiger partial charge in [-0.1, -0.05) is 34.1 Å². The zero-order valence-corrected chi connectivity index (χ0v) is 12.2. The maximum atomic E-state index is 9.78. The topological polar surface area (TPSA) is 52.5 Å². The van der Waals surface area contributed by atoms with E-state index >= 15 is 0 Å². The average Bonchev–Trinajstić information content (AvgIpc) is 2.40. The zero-order valence-electron chi connectivity index (χ0n) is 10.6. The summed E-state index contributed by atoms with van der Waals surface area (Å²) in [6.07, 6.45) is -0.528. The standard InChI is InChI=1S/C15H16BrNO2/c1-10(18)13-4-2-3-5-14(13)17-9-11-8-12(16)6-7-15(11)19/h2-8,10,17-19H,9H2,1H3. The van der Waals surface area contributed by atoms with Gasteiger partial charge >= 0.3 is 0 Å². The van der Waals surface area contributed by atoms with Crippen LogP contribution < -0.4 is 5.32 Å². The van der Waals surface area contributed by atoms with Crippen molar-refractivity contribution in [3.05, 3.63) is 58.1 Å². The van der Waals surface area contributed by atoms with Crippen molar-refractivity contribution < 1.29 is 10.2 Å². The Labute approximate surface area is 121 Å². The van der Waals surface area contributed by atoms with Crippen LogP contribution in [-0.2, 0) is 6.54 Å². The molecule has 2 rings (SSSR count). The highest BCUT2D eigenvalue weighted by molar-refractivity contribution is 9.10. The number of rotatable bonds is 4. The van der Waals surface area contributed by atoms with E-state index in [0.717, 1.165) is 21.3 Å². The largest absolute Gasteiger partial charge is 0.508 e. The molecule has 4 heteroatoms. The predicted octanol–water partition coefficient (Wildman–Crippen LogP) is 3.82. The Balaban J connectivity index is 2.17. The number of hydrogen-bond donors (Lipinski definition) is 3. The number of phenolic OH excluding ortho intramolecular Hbond substituents is 1. The molecule has 0 aliphatic carbocycles. The molecule has 0 saturated heterocycles. The molecule has 100 valence electrons. The first-order valence-corrected chi connectivity index (χ1v) is 6.85. The van der Waals surface area contributed by atoms with Crippen LogP contribution in [-0.4, -0.2) is 10.2 Å². The van der Waals surface area contributed by atoms with Crippen molar-refractivity contribution in [1.29, 1.82) is 0 Å². The predicted molar refractivity (Wildman–Crippen MR) is 80.2 cm³/mol. The second kappa shape index (κ2) is 6.08. The van der Waals surface area contributed by atoms with Crippen molar-refractivity contribution in [2.24, 2.45) is 0 Å². The fourth-order valence-electron chi connectivity index (χ4n) is 1.91. The lowest BCUT2D eigenvalue weighted by atomic mass is 10.1. The molecule has 1 unspecified atom stereocenters. The van der Waals surface area contributed by atoms with Gasteiger partial charge in [0.2, 0.25) is 0 Å². The summed E-state index contributed by atoms with van der Waals surface area (Å²) in [5.74, 6) is 0.255. The summed E-state index contributed by atoms with van der Waals surface area (Å²) < 4.78 is 0.922. The zero-order chi connectivity index (χ0) is 13.8. The smallest absolute Gasteiger partial charge is 0.120 e. The number of nitrogens with one attached hydrogen (secondary N) is 1. The molecule has 0 radical (unpaired) electrons. The number of hydrogen-bond acceptors (Lipinski definition) is 3. The van der Waals surface area contributed by atoms with Crippen LogP contribution in [0.4, 0.5) is 5.69 Å². The summed E-state index contributed by atoms with van der Waals surface area (Å²) >= 11 is 3.38. The lowest BCUT2D eigenvalue weighted by Crippen LogP contribution is -2.04. The molecule has 19 heavy (non-hydrogen) atoms.